The molecule has 0 bridgehead atoms. The van der Waals surface area contributed by atoms with Gasteiger partial charge in [0, 0.05) is 13.3 Å². The Balaban J connectivity index is 2.01. The molecule has 1 aromatic heterocycles. The summed E-state index contributed by atoms with van der Waals surface area (Å²) in [5, 5.41) is 4.39. The first-order chi connectivity index (χ1) is 6.24. The van der Waals surface area contributed by atoms with Crippen molar-refractivity contribution < 1.29 is 4.74 Å². The van der Waals surface area contributed by atoms with Crippen LogP contribution in [0.5, 0.6) is 0 Å². The number of nitrogens with two attached hydrogens (primary N) is 1. The van der Waals surface area contributed by atoms with Gasteiger partial charge in [0.1, 0.15) is 0 Å². The number of methoxy groups -OCH3 is 1. The first-order valence-corrected chi connectivity index (χ1v) is 4.56. The highest BCUT2D eigenvalue weighted by molar-refractivity contribution is 5.20. The molecular weight excluding hydrogens is 166 g/mol. The molecule has 4 nitrogen and oxygen atoms in total. The molecule has 2 rings (SSSR count). The van der Waals surface area contributed by atoms with Gasteiger partial charge in [-0.1, -0.05) is 0 Å². The van der Waals surface area contributed by atoms with Crippen molar-refractivity contribution in [2.75, 3.05) is 13.7 Å². The fraction of sp³-hybridized carbons (Fsp3) is 0.667. The zero-order valence-electron chi connectivity index (χ0n) is 7.86. The van der Waals surface area contributed by atoms with E-state index < -0.39 is 0 Å². The van der Waals surface area contributed by atoms with Crippen molar-refractivity contribution in [3.63, 3.8) is 0 Å². The van der Waals surface area contributed by atoms with Gasteiger partial charge in [-0.25, -0.2) is 0 Å². The van der Waals surface area contributed by atoms with Crippen LogP contribution in [0.3, 0.4) is 0 Å². The Bertz CT molecular complexity index is 291. The van der Waals surface area contributed by atoms with Crippen molar-refractivity contribution in [3.05, 3.63) is 18.0 Å². The highest BCUT2D eigenvalue weighted by Gasteiger charge is 2.42. The maximum atomic E-state index is 6.00. The van der Waals surface area contributed by atoms with Crippen molar-refractivity contribution in [3.8, 4) is 0 Å². The lowest BCUT2D eigenvalue weighted by Crippen LogP contribution is -2.20. The predicted molar refractivity (Wildman–Crippen MR) is 49.2 cm³/mol. The van der Waals surface area contributed by atoms with E-state index in [0.717, 1.165) is 25.1 Å². The molecule has 1 fully saturated rings. The van der Waals surface area contributed by atoms with Crippen LogP contribution in [0.15, 0.2) is 12.3 Å². The second-order valence-corrected chi connectivity index (χ2v) is 3.61. The maximum Gasteiger partial charge on any atom is 0.0823 e. The van der Waals surface area contributed by atoms with Gasteiger partial charge in [-0.05, 0) is 18.9 Å². The molecule has 13 heavy (non-hydrogen) atoms. The Kier molecular flexibility index (Phi) is 2.09. The van der Waals surface area contributed by atoms with Gasteiger partial charge in [0.25, 0.3) is 0 Å². The largest absolute Gasteiger partial charge is 0.383 e. The van der Waals surface area contributed by atoms with Crippen LogP contribution in [-0.4, -0.2) is 23.5 Å². The molecule has 0 spiro atoms. The van der Waals surface area contributed by atoms with E-state index >= 15 is 0 Å². The highest BCUT2D eigenvalue weighted by Crippen LogP contribution is 2.41. The third kappa shape index (κ3) is 1.73. The van der Waals surface area contributed by atoms with Gasteiger partial charge < -0.3 is 10.5 Å². The average molecular weight is 181 g/mol. The lowest BCUT2D eigenvalue weighted by atomic mass is 10.2. The summed E-state index contributed by atoms with van der Waals surface area (Å²) >= 11 is 0. The van der Waals surface area contributed by atoms with Gasteiger partial charge in [-0.2, -0.15) is 5.10 Å². The molecule has 1 aliphatic rings. The van der Waals surface area contributed by atoms with Crippen molar-refractivity contribution in [1.29, 1.82) is 0 Å². The molecule has 1 aliphatic carbocycles. The van der Waals surface area contributed by atoms with Crippen LogP contribution in [0.25, 0.3) is 0 Å². The first-order valence-electron chi connectivity index (χ1n) is 4.56. The summed E-state index contributed by atoms with van der Waals surface area (Å²) in [4.78, 5) is 0. The third-order valence-electron chi connectivity index (χ3n) is 2.46. The van der Waals surface area contributed by atoms with E-state index in [1.807, 2.05) is 16.9 Å². The van der Waals surface area contributed by atoms with E-state index in [1.165, 1.54) is 0 Å². The molecule has 1 aromatic rings. The lowest BCUT2D eigenvalue weighted by molar-refractivity contribution is 0.183. The number of nitrogens with zero attached hydrogens (tertiary/aromatic N) is 2. The zero-order valence-corrected chi connectivity index (χ0v) is 7.86. The topological polar surface area (TPSA) is 53.1 Å². The quantitative estimate of drug-likeness (QED) is 0.735. The second kappa shape index (κ2) is 3.12. The van der Waals surface area contributed by atoms with E-state index in [1.54, 1.807) is 7.11 Å². The highest BCUT2D eigenvalue weighted by atomic mass is 16.5. The van der Waals surface area contributed by atoms with E-state index in [0.29, 0.717) is 6.61 Å². The van der Waals surface area contributed by atoms with E-state index in [-0.39, 0.29) is 5.54 Å². The van der Waals surface area contributed by atoms with Gasteiger partial charge >= 0.3 is 0 Å². The first kappa shape index (κ1) is 8.72. The van der Waals surface area contributed by atoms with Crippen LogP contribution in [0, 0.1) is 0 Å². The molecule has 0 atom stereocenters. The Morgan fingerprint density at radius 3 is 3.08 bits per heavy atom. The summed E-state index contributed by atoms with van der Waals surface area (Å²) in [7, 11) is 1.69. The van der Waals surface area contributed by atoms with Crippen LogP contribution in [0.1, 0.15) is 18.5 Å². The van der Waals surface area contributed by atoms with Crippen molar-refractivity contribution in [2.45, 2.75) is 24.9 Å². The number of hydrogen-bond donors (Lipinski definition) is 1. The standard InChI is InChI=1S/C9H15N3O/c1-13-7-6-12-5-2-8(11-12)9(10)3-4-9/h2,5H,3-4,6-7,10H2,1H3. The smallest absolute Gasteiger partial charge is 0.0823 e. The average Bonchev–Trinajstić information content (AvgIpc) is 2.69. The molecule has 2 N–H and O–H groups in total. The van der Waals surface area contributed by atoms with Gasteiger partial charge in [-0.3, -0.25) is 4.68 Å². The molecule has 0 amide bonds. The lowest BCUT2D eigenvalue weighted by Gasteiger charge is -2.03. The van der Waals surface area contributed by atoms with Crippen LogP contribution >= 0.6 is 0 Å². The summed E-state index contributed by atoms with van der Waals surface area (Å²) in [6.07, 6.45) is 4.09. The Hall–Kier alpha value is -0.870. The van der Waals surface area contributed by atoms with E-state index in [9.17, 15) is 0 Å². The Morgan fingerprint density at radius 1 is 1.69 bits per heavy atom. The number of ether oxygens (including phenoxy) is 1. The molecule has 4 heteroatoms. The van der Waals surface area contributed by atoms with Crippen LogP contribution < -0.4 is 5.73 Å². The summed E-state index contributed by atoms with van der Waals surface area (Å²) < 4.78 is 6.84. The summed E-state index contributed by atoms with van der Waals surface area (Å²) in [6, 6.07) is 2.00. The molecular formula is C9H15N3O. The second-order valence-electron chi connectivity index (χ2n) is 3.61. The molecule has 72 valence electrons. The minimum Gasteiger partial charge on any atom is -0.383 e. The van der Waals surface area contributed by atoms with Crippen LogP contribution in [0.2, 0.25) is 0 Å². The molecule has 0 saturated heterocycles. The van der Waals surface area contributed by atoms with Gasteiger partial charge in [-0.15, -0.1) is 0 Å². The Morgan fingerprint density at radius 2 is 2.46 bits per heavy atom. The molecule has 0 aromatic carbocycles. The molecule has 0 unspecified atom stereocenters. The zero-order chi connectivity index (χ0) is 9.31. The summed E-state index contributed by atoms with van der Waals surface area (Å²) in [6.45, 7) is 1.49. The predicted octanol–water partition coefficient (Wildman–Crippen LogP) is 0.477. The third-order valence-corrected chi connectivity index (χ3v) is 2.46. The molecule has 0 aliphatic heterocycles. The monoisotopic (exact) mass is 181 g/mol. The van der Waals surface area contributed by atoms with Crippen molar-refractivity contribution >= 4 is 0 Å². The minimum absolute atomic E-state index is 0.113. The summed E-state index contributed by atoms with van der Waals surface area (Å²) in [5.41, 5.74) is 6.91. The SMILES string of the molecule is COCCn1ccc(C2(N)CC2)n1. The number of hydrogen-bond acceptors (Lipinski definition) is 3. The number of rotatable bonds is 4. The Labute approximate surface area is 77.7 Å². The van der Waals surface area contributed by atoms with Crippen LogP contribution in [0.4, 0.5) is 0 Å². The number of aromatic nitrogens is 2. The fourth-order valence-corrected chi connectivity index (χ4v) is 1.33. The summed E-state index contributed by atoms with van der Waals surface area (Å²) in [5.74, 6) is 0. The molecule has 1 heterocycles. The van der Waals surface area contributed by atoms with E-state index in [4.69, 9.17) is 10.5 Å². The minimum atomic E-state index is -0.113. The van der Waals surface area contributed by atoms with Crippen LogP contribution in [-0.2, 0) is 16.8 Å². The van der Waals surface area contributed by atoms with Gasteiger partial charge in [0.15, 0.2) is 0 Å². The fourth-order valence-electron chi connectivity index (χ4n) is 1.33. The maximum absolute atomic E-state index is 6.00. The van der Waals surface area contributed by atoms with Gasteiger partial charge in [0.05, 0.1) is 24.4 Å². The van der Waals surface area contributed by atoms with Gasteiger partial charge in [0.2, 0.25) is 0 Å². The van der Waals surface area contributed by atoms with E-state index in [2.05, 4.69) is 5.10 Å². The molecule has 1 saturated carbocycles. The normalized spacial score (nSPS) is 18.9. The van der Waals surface area contributed by atoms with Crippen molar-refractivity contribution in [1.82, 2.24) is 9.78 Å². The molecule has 0 radical (unpaired) electrons. The van der Waals surface area contributed by atoms with Crippen molar-refractivity contribution in [2.24, 2.45) is 5.73 Å².